The predicted molar refractivity (Wildman–Crippen MR) is 78.2 cm³/mol. The van der Waals surface area contributed by atoms with E-state index in [0.717, 1.165) is 24.3 Å². The number of hydrogen-bond donors (Lipinski definition) is 2. The Hall–Kier alpha value is -0.0800. The van der Waals surface area contributed by atoms with Gasteiger partial charge in [0.25, 0.3) is 0 Å². The van der Waals surface area contributed by atoms with Crippen molar-refractivity contribution in [3.63, 3.8) is 0 Å². The molecule has 0 heterocycles. The molecule has 2 aliphatic carbocycles. The maximum atomic E-state index is 6.24. The molecule has 2 nitrogen and oxygen atoms in total. The normalized spacial score (nSPS) is 46.0. The van der Waals surface area contributed by atoms with Gasteiger partial charge in [-0.15, -0.1) is 0 Å². The fourth-order valence-electron chi connectivity index (χ4n) is 4.91. The zero-order chi connectivity index (χ0) is 13.2. The molecule has 5 atom stereocenters. The summed E-state index contributed by atoms with van der Waals surface area (Å²) >= 11 is 0. The highest BCUT2D eigenvalue weighted by Gasteiger charge is 2.36. The Kier molecular flexibility index (Phi) is 4.71. The van der Waals surface area contributed by atoms with Crippen LogP contribution in [0.2, 0.25) is 0 Å². The number of hydrogen-bond acceptors (Lipinski definition) is 2. The van der Waals surface area contributed by atoms with Crippen LogP contribution in [0.4, 0.5) is 0 Å². The summed E-state index contributed by atoms with van der Waals surface area (Å²) in [5.74, 6) is 2.52. The van der Waals surface area contributed by atoms with Gasteiger partial charge in [-0.2, -0.15) is 0 Å². The quantitative estimate of drug-likeness (QED) is 0.810. The zero-order valence-electron chi connectivity index (χ0n) is 12.3. The van der Waals surface area contributed by atoms with Gasteiger partial charge in [0, 0.05) is 6.04 Å². The molecule has 4 N–H and O–H groups in total. The summed E-state index contributed by atoms with van der Waals surface area (Å²) in [5, 5.41) is 0. The molecule has 18 heavy (non-hydrogen) atoms. The third-order valence-corrected chi connectivity index (χ3v) is 5.31. The Labute approximate surface area is 113 Å². The predicted octanol–water partition coefficient (Wildman–Crippen LogP) is 3.30. The Morgan fingerprint density at radius 1 is 1.11 bits per heavy atom. The summed E-state index contributed by atoms with van der Waals surface area (Å²) in [5.41, 5.74) is 12.6. The molecular weight excluding hydrogens is 220 g/mol. The van der Waals surface area contributed by atoms with E-state index in [1.807, 2.05) is 0 Å². The molecule has 0 aliphatic heterocycles. The molecule has 2 heteroatoms. The molecule has 2 rings (SSSR count). The van der Waals surface area contributed by atoms with Crippen LogP contribution in [0, 0.1) is 23.2 Å². The smallest absolute Gasteiger partial charge is 0.00465 e. The molecule has 0 aromatic rings. The summed E-state index contributed by atoms with van der Waals surface area (Å²) in [6.45, 7) is 5.75. The van der Waals surface area contributed by atoms with Gasteiger partial charge < -0.3 is 11.5 Å². The first-order valence-electron chi connectivity index (χ1n) is 7.96. The molecule has 2 fully saturated rings. The van der Waals surface area contributed by atoms with Crippen molar-refractivity contribution in [2.75, 3.05) is 6.54 Å². The van der Waals surface area contributed by atoms with Gasteiger partial charge in [0.05, 0.1) is 0 Å². The molecular formula is C16H32N2. The topological polar surface area (TPSA) is 52.0 Å². The minimum Gasteiger partial charge on any atom is -0.330 e. The van der Waals surface area contributed by atoms with Gasteiger partial charge in [-0.25, -0.2) is 0 Å². The van der Waals surface area contributed by atoms with Crippen molar-refractivity contribution >= 4 is 0 Å². The Morgan fingerprint density at radius 3 is 2.50 bits per heavy atom. The van der Waals surface area contributed by atoms with E-state index in [9.17, 15) is 0 Å². The van der Waals surface area contributed by atoms with E-state index in [2.05, 4.69) is 13.8 Å². The van der Waals surface area contributed by atoms with Gasteiger partial charge in [-0.05, 0) is 68.2 Å². The monoisotopic (exact) mass is 252 g/mol. The van der Waals surface area contributed by atoms with E-state index in [0.29, 0.717) is 11.5 Å². The molecule has 0 spiro atoms. The van der Waals surface area contributed by atoms with E-state index in [1.165, 1.54) is 51.4 Å². The molecule has 0 aromatic heterocycles. The van der Waals surface area contributed by atoms with Gasteiger partial charge in [-0.1, -0.05) is 26.7 Å². The second-order valence-corrected chi connectivity index (χ2v) is 7.66. The van der Waals surface area contributed by atoms with Crippen LogP contribution in [0.1, 0.15) is 65.2 Å². The first-order valence-corrected chi connectivity index (χ1v) is 7.96. The highest BCUT2D eigenvalue weighted by molar-refractivity contribution is 4.90. The zero-order valence-corrected chi connectivity index (χ0v) is 12.3. The van der Waals surface area contributed by atoms with Gasteiger partial charge in [0.15, 0.2) is 0 Å². The summed E-state index contributed by atoms with van der Waals surface area (Å²) in [6, 6.07) is 0.438. The lowest BCUT2D eigenvalue weighted by molar-refractivity contribution is 0.0948. The molecule has 0 aromatic carbocycles. The van der Waals surface area contributed by atoms with E-state index in [4.69, 9.17) is 11.5 Å². The second kappa shape index (κ2) is 5.92. The first kappa shape index (κ1) is 14.3. The van der Waals surface area contributed by atoms with Crippen molar-refractivity contribution in [1.29, 1.82) is 0 Å². The lowest BCUT2D eigenvalue weighted by Gasteiger charge is -2.43. The van der Waals surface area contributed by atoms with Crippen molar-refractivity contribution in [3.8, 4) is 0 Å². The Bertz CT molecular complexity index is 254. The van der Waals surface area contributed by atoms with E-state index >= 15 is 0 Å². The highest BCUT2D eigenvalue weighted by atomic mass is 14.7. The second-order valence-electron chi connectivity index (χ2n) is 7.66. The summed E-state index contributed by atoms with van der Waals surface area (Å²) in [4.78, 5) is 0. The molecule has 5 unspecified atom stereocenters. The Balaban J connectivity index is 1.90. The third-order valence-electron chi connectivity index (χ3n) is 5.31. The summed E-state index contributed by atoms with van der Waals surface area (Å²) < 4.78 is 0. The molecule has 0 bridgehead atoms. The largest absolute Gasteiger partial charge is 0.330 e. The van der Waals surface area contributed by atoms with Crippen LogP contribution >= 0.6 is 0 Å². The minimum absolute atomic E-state index is 0.438. The van der Waals surface area contributed by atoms with Crippen molar-refractivity contribution in [3.05, 3.63) is 0 Å². The molecule has 2 aliphatic rings. The lowest BCUT2D eigenvalue weighted by atomic mass is 9.63. The molecule has 0 amide bonds. The van der Waals surface area contributed by atoms with Gasteiger partial charge in [-0.3, -0.25) is 0 Å². The van der Waals surface area contributed by atoms with E-state index in [1.54, 1.807) is 0 Å². The minimum atomic E-state index is 0.438. The van der Waals surface area contributed by atoms with E-state index in [-0.39, 0.29) is 0 Å². The average molecular weight is 252 g/mol. The fourth-order valence-corrected chi connectivity index (χ4v) is 4.91. The molecule has 0 radical (unpaired) electrons. The third kappa shape index (κ3) is 3.71. The standard InChI is InChI=1S/C16H32N2/c1-12-6-15(18)10-16(2,8-12)9-13-4-3-5-14(7-13)11-17/h12-15H,3-11,17-18H2,1-2H3. The maximum Gasteiger partial charge on any atom is 0.00465 e. The van der Waals surface area contributed by atoms with Gasteiger partial charge >= 0.3 is 0 Å². The number of rotatable bonds is 3. The van der Waals surface area contributed by atoms with Crippen LogP contribution in [-0.4, -0.2) is 12.6 Å². The van der Waals surface area contributed by atoms with E-state index < -0.39 is 0 Å². The van der Waals surface area contributed by atoms with Gasteiger partial charge in [0.2, 0.25) is 0 Å². The van der Waals surface area contributed by atoms with Crippen molar-refractivity contribution in [2.24, 2.45) is 34.6 Å². The summed E-state index contributed by atoms with van der Waals surface area (Å²) in [6.07, 6.45) is 10.8. The van der Waals surface area contributed by atoms with Crippen molar-refractivity contribution < 1.29 is 0 Å². The first-order chi connectivity index (χ1) is 8.50. The van der Waals surface area contributed by atoms with Crippen LogP contribution in [0.3, 0.4) is 0 Å². The Morgan fingerprint density at radius 2 is 1.83 bits per heavy atom. The van der Waals surface area contributed by atoms with Crippen molar-refractivity contribution in [1.82, 2.24) is 0 Å². The molecule has 106 valence electrons. The van der Waals surface area contributed by atoms with Crippen LogP contribution < -0.4 is 11.5 Å². The average Bonchev–Trinajstić information content (AvgIpc) is 2.26. The number of nitrogens with two attached hydrogens (primary N) is 2. The summed E-state index contributed by atoms with van der Waals surface area (Å²) in [7, 11) is 0. The van der Waals surface area contributed by atoms with Crippen LogP contribution in [-0.2, 0) is 0 Å². The van der Waals surface area contributed by atoms with Gasteiger partial charge in [0.1, 0.15) is 0 Å². The van der Waals surface area contributed by atoms with Crippen LogP contribution in [0.15, 0.2) is 0 Å². The lowest BCUT2D eigenvalue weighted by Crippen LogP contribution is -2.39. The van der Waals surface area contributed by atoms with Crippen LogP contribution in [0.5, 0.6) is 0 Å². The van der Waals surface area contributed by atoms with Crippen LogP contribution in [0.25, 0.3) is 0 Å². The highest BCUT2D eigenvalue weighted by Crippen LogP contribution is 2.46. The fraction of sp³-hybridized carbons (Fsp3) is 1.00. The SMILES string of the molecule is CC1CC(N)CC(C)(CC2CCCC(CN)C2)C1. The molecule has 0 saturated heterocycles. The molecule has 2 saturated carbocycles. The van der Waals surface area contributed by atoms with Crippen molar-refractivity contribution in [2.45, 2.75) is 71.3 Å². The maximum absolute atomic E-state index is 6.24.